The number of carboxylic acid groups (broad SMARTS) is 1. The van der Waals surface area contributed by atoms with Gasteiger partial charge in [-0.15, -0.1) is 6.58 Å². The quantitative estimate of drug-likeness (QED) is 0.350. The Bertz CT molecular complexity index is 209. The third-order valence-electron chi connectivity index (χ3n) is 2.17. The summed E-state index contributed by atoms with van der Waals surface area (Å²) in [6, 6.07) is 0. The second-order valence-corrected chi connectivity index (χ2v) is 3.89. The fraction of sp³-hybridized carbons (Fsp3) is 0.750. The van der Waals surface area contributed by atoms with Gasteiger partial charge in [0.15, 0.2) is 0 Å². The number of unbranched alkanes of at least 4 members (excludes halogenated alkanes) is 2. The van der Waals surface area contributed by atoms with Crippen molar-refractivity contribution in [3.8, 4) is 0 Å². The first kappa shape index (κ1) is 16.1. The van der Waals surface area contributed by atoms with Crippen LogP contribution >= 0.6 is 0 Å². The molecule has 1 atom stereocenters. The molecule has 0 aromatic heterocycles. The van der Waals surface area contributed by atoms with Crippen LogP contribution in [0.5, 0.6) is 0 Å². The van der Waals surface area contributed by atoms with Crippen molar-refractivity contribution >= 4 is 5.97 Å². The minimum atomic E-state index is -0.743. The maximum Gasteiger partial charge on any atom is 0.303 e. The molecule has 0 amide bonds. The zero-order chi connectivity index (χ0) is 12.9. The smallest absolute Gasteiger partial charge is 0.303 e. The molecule has 0 aliphatic heterocycles. The largest absolute Gasteiger partial charge is 0.481 e. The second kappa shape index (κ2) is 11.6. The lowest BCUT2D eigenvalue weighted by molar-refractivity contribution is -0.137. The molecule has 0 rings (SSSR count). The number of carbonyl (C=O) groups is 1. The normalized spacial score (nSPS) is 12.3. The minimum absolute atomic E-state index is 0.234. The molecule has 0 aromatic carbocycles. The Kier molecular flexibility index (Phi) is 11.0. The topological polar surface area (TPSA) is 78.8 Å². The molecule has 0 spiro atoms. The van der Waals surface area contributed by atoms with Crippen LogP contribution in [-0.4, -0.2) is 48.6 Å². The van der Waals surface area contributed by atoms with E-state index in [0.29, 0.717) is 26.2 Å². The lowest BCUT2D eigenvalue weighted by atomic mass is 10.2. The Balaban J connectivity index is 3.15. The predicted octanol–water partition coefficient (Wildman–Crippen LogP) is 0.784. The summed E-state index contributed by atoms with van der Waals surface area (Å²) in [5.41, 5.74) is 0. The number of carboxylic acids is 1. The van der Waals surface area contributed by atoms with Crippen molar-refractivity contribution in [1.82, 2.24) is 5.32 Å². The van der Waals surface area contributed by atoms with Crippen molar-refractivity contribution in [2.75, 3.05) is 26.3 Å². The average molecular weight is 245 g/mol. The van der Waals surface area contributed by atoms with E-state index in [2.05, 4.69) is 11.9 Å². The molecule has 0 aliphatic rings. The van der Waals surface area contributed by atoms with E-state index in [0.717, 1.165) is 19.4 Å². The minimum Gasteiger partial charge on any atom is -0.481 e. The maximum atomic E-state index is 10.2. The molecule has 0 heterocycles. The summed E-state index contributed by atoms with van der Waals surface area (Å²) < 4.78 is 5.09. The molecular weight excluding hydrogens is 222 g/mol. The third-order valence-corrected chi connectivity index (χ3v) is 2.17. The summed E-state index contributed by atoms with van der Waals surface area (Å²) in [4.78, 5) is 10.2. The zero-order valence-corrected chi connectivity index (χ0v) is 10.2. The second-order valence-electron chi connectivity index (χ2n) is 3.89. The van der Waals surface area contributed by atoms with E-state index in [1.165, 1.54) is 0 Å². The van der Waals surface area contributed by atoms with Crippen LogP contribution in [0.1, 0.15) is 25.7 Å². The Morgan fingerprint density at radius 2 is 2.18 bits per heavy atom. The van der Waals surface area contributed by atoms with Crippen molar-refractivity contribution in [3.63, 3.8) is 0 Å². The van der Waals surface area contributed by atoms with Gasteiger partial charge < -0.3 is 20.3 Å². The van der Waals surface area contributed by atoms with Gasteiger partial charge in [0.05, 0.1) is 19.3 Å². The van der Waals surface area contributed by atoms with Crippen LogP contribution in [0.3, 0.4) is 0 Å². The highest BCUT2D eigenvalue weighted by atomic mass is 16.5. The monoisotopic (exact) mass is 245 g/mol. The van der Waals surface area contributed by atoms with Crippen molar-refractivity contribution in [1.29, 1.82) is 0 Å². The molecular formula is C12H23NO4. The van der Waals surface area contributed by atoms with Crippen LogP contribution in [0, 0.1) is 0 Å². The number of aliphatic hydroxyl groups excluding tert-OH is 1. The molecule has 5 nitrogen and oxygen atoms in total. The van der Waals surface area contributed by atoms with Gasteiger partial charge in [-0.05, 0) is 19.4 Å². The number of ether oxygens (including phenoxy) is 1. The molecule has 0 saturated carbocycles. The van der Waals surface area contributed by atoms with Gasteiger partial charge in [-0.2, -0.15) is 0 Å². The molecule has 0 fully saturated rings. The molecule has 100 valence electrons. The van der Waals surface area contributed by atoms with Crippen molar-refractivity contribution in [3.05, 3.63) is 12.7 Å². The summed E-state index contributed by atoms with van der Waals surface area (Å²) >= 11 is 0. The lowest BCUT2D eigenvalue weighted by Gasteiger charge is -2.11. The van der Waals surface area contributed by atoms with Crippen LogP contribution in [0.2, 0.25) is 0 Å². The Hall–Kier alpha value is -0.910. The van der Waals surface area contributed by atoms with Gasteiger partial charge in [-0.3, -0.25) is 4.79 Å². The summed E-state index contributed by atoms with van der Waals surface area (Å²) in [6.07, 6.45) is 3.90. The highest BCUT2D eigenvalue weighted by Crippen LogP contribution is 1.98. The Morgan fingerprint density at radius 1 is 1.41 bits per heavy atom. The number of hydrogen-bond acceptors (Lipinski definition) is 4. The molecule has 5 heteroatoms. The van der Waals surface area contributed by atoms with Crippen molar-refractivity contribution < 1.29 is 19.7 Å². The van der Waals surface area contributed by atoms with Crippen LogP contribution in [0.15, 0.2) is 12.7 Å². The van der Waals surface area contributed by atoms with Gasteiger partial charge in [0.1, 0.15) is 0 Å². The molecule has 1 unspecified atom stereocenters. The van der Waals surface area contributed by atoms with E-state index in [-0.39, 0.29) is 6.42 Å². The zero-order valence-electron chi connectivity index (χ0n) is 10.2. The van der Waals surface area contributed by atoms with Gasteiger partial charge >= 0.3 is 5.97 Å². The Morgan fingerprint density at radius 3 is 2.82 bits per heavy atom. The van der Waals surface area contributed by atoms with E-state index in [1.54, 1.807) is 6.08 Å². The maximum absolute atomic E-state index is 10.2. The molecule has 0 aliphatic carbocycles. The highest BCUT2D eigenvalue weighted by molar-refractivity contribution is 5.66. The van der Waals surface area contributed by atoms with Crippen LogP contribution in [-0.2, 0) is 9.53 Å². The van der Waals surface area contributed by atoms with E-state index >= 15 is 0 Å². The predicted molar refractivity (Wildman–Crippen MR) is 66.0 cm³/mol. The first-order valence-corrected chi connectivity index (χ1v) is 5.96. The van der Waals surface area contributed by atoms with Gasteiger partial charge in [-0.1, -0.05) is 12.5 Å². The fourth-order valence-corrected chi connectivity index (χ4v) is 1.32. The first-order valence-electron chi connectivity index (χ1n) is 5.96. The number of aliphatic carboxylic acids is 1. The van der Waals surface area contributed by atoms with Gasteiger partial charge in [0.25, 0.3) is 0 Å². The lowest BCUT2D eigenvalue weighted by Crippen LogP contribution is -2.31. The number of hydrogen-bond donors (Lipinski definition) is 3. The first-order chi connectivity index (χ1) is 8.16. The summed E-state index contributed by atoms with van der Waals surface area (Å²) in [6.45, 7) is 5.55. The van der Waals surface area contributed by atoms with Gasteiger partial charge in [-0.25, -0.2) is 0 Å². The molecule has 0 aromatic rings. The van der Waals surface area contributed by atoms with Crippen molar-refractivity contribution in [2.45, 2.75) is 31.8 Å². The van der Waals surface area contributed by atoms with Crippen molar-refractivity contribution in [2.24, 2.45) is 0 Å². The number of rotatable bonds is 12. The molecule has 0 saturated heterocycles. The fourth-order valence-electron chi connectivity index (χ4n) is 1.32. The van der Waals surface area contributed by atoms with E-state index in [9.17, 15) is 9.90 Å². The van der Waals surface area contributed by atoms with Crippen LogP contribution in [0.4, 0.5) is 0 Å². The Labute approximate surface area is 102 Å². The number of nitrogens with one attached hydrogen (secondary N) is 1. The van der Waals surface area contributed by atoms with E-state index in [1.807, 2.05) is 0 Å². The molecule has 0 bridgehead atoms. The highest BCUT2D eigenvalue weighted by Gasteiger charge is 2.02. The standard InChI is InChI=1S/C12H23NO4/c1-2-8-17-10-11(14)9-13-7-5-3-4-6-12(15)16/h2,11,13-14H,1,3-10H2,(H,15,16). The van der Waals surface area contributed by atoms with E-state index in [4.69, 9.17) is 9.84 Å². The molecule has 17 heavy (non-hydrogen) atoms. The molecule has 0 radical (unpaired) electrons. The van der Waals surface area contributed by atoms with Gasteiger partial charge in [0.2, 0.25) is 0 Å². The number of aliphatic hydroxyl groups is 1. The average Bonchev–Trinajstić information content (AvgIpc) is 2.28. The summed E-state index contributed by atoms with van der Waals surface area (Å²) in [5, 5.41) is 21.0. The van der Waals surface area contributed by atoms with Gasteiger partial charge in [0, 0.05) is 13.0 Å². The summed E-state index contributed by atoms with van der Waals surface area (Å²) in [7, 11) is 0. The third kappa shape index (κ3) is 13.0. The van der Waals surface area contributed by atoms with E-state index < -0.39 is 12.1 Å². The van der Waals surface area contributed by atoms with Crippen LogP contribution in [0.25, 0.3) is 0 Å². The summed E-state index contributed by atoms with van der Waals surface area (Å²) in [5.74, 6) is -0.743. The SMILES string of the molecule is C=CCOCC(O)CNCCCCCC(=O)O. The van der Waals surface area contributed by atoms with Crippen LogP contribution < -0.4 is 5.32 Å². The molecule has 3 N–H and O–H groups in total.